The van der Waals surface area contributed by atoms with Crippen molar-refractivity contribution in [2.24, 2.45) is 0 Å². The number of hydrogen-bond donors (Lipinski definition) is 2. The summed E-state index contributed by atoms with van der Waals surface area (Å²) in [7, 11) is 3.15. The van der Waals surface area contributed by atoms with Crippen molar-refractivity contribution in [1.29, 1.82) is 0 Å². The van der Waals surface area contributed by atoms with Crippen LogP contribution in [0.15, 0.2) is 11.4 Å². The first-order chi connectivity index (χ1) is 9.21. The molecule has 0 fully saturated rings. The molecular formula is C13H17NO4S. The second kappa shape index (κ2) is 8.67. The van der Waals surface area contributed by atoms with Gasteiger partial charge in [-0.05, 0) is 6.07 Å². The van der Waals surface area contributed by atoms with Gasteiger partial charge < -0.3 is 19.9 Å². The van der Waals surface area contributed by atoms with Crippen molar-refractivity contribution < 1.29 is 19.4 Å². The molecule has 5 nitrogen and oxygen atoms in total. The number of hydrogen-bond acceptors (Lipinski definition) is 5. The number of aliphatic hydroxyl groups is 1. The van der Waals surface area contributed by atoms with Crippen molar-refractivity contribution in [1.82, 2.24) is 5.32 Å². The maximum atomic E-state index is 11.9. The van der Waals surface area contributed by atoms with Gasteiger partial charge in [-0.15, -0.1) is 11.3 Å². The highest BCUT2D eigenvalue weighted by atomic mass is 32.1. The Morgan fingerprint density at radius 1 is 1.58 bits per heavy atom. The second-order valence-electron chi connectivity index (χ2n) is 3.68. The van der Waals surface area contributed by atoms with Crippen molar-refractivity contribution >= 4 is 17.2 Å². The van der Waals surface area contributed by atoms with Crippen LogP contribution in [0.1, 0.15) is 15.2 Å². The molecule has 1 unspecified atom stereocenters. The Balaban J connectivity index is 2.51. The highest BCUT2D eigenvalue weighted by Gasteiger charge is 2.11. The number of thiophene rings is 1. The number of aliphatic hydroxyl groups excluding tert-OH is 1. The predicted molar refractivity (Wildman–Crippen MR) is 73.3 cm³/mol. The molecule has 0 aliphatic carbocycles. The third-order valence-electron chi connectivity index (χ3n) is 2.33. The van der Waals surface area contributed by atoms with Crippen LogP contribution in [0.3, 0.4) is 0 Å². The molecule has 0 saturated carbocycles. The quantitative estimate of drug-likeness (QED) is 0.745. The molecule has 0 bridgehead atoms. The van der Waals surface area contributed by atoms with Crippen molar-refractivity contribution in [3.05, 3.63) is 21.9 Å². The molecule has 1 atom stereocenters. The molecule has 1 amide bonds. The Labute approximate surface area is 116 Å². The van der Waals surface area contributed by atoms with Gasteiger partial charge in [-0.1, -0.05) is 11.8 Å². The van der Waals surface area contributed by atoms with Crippen LogP contribution in [-0.4, -0.2) is 51.1 Å². The summed E-state index contributed by atoms with van der Waals surface area (Å²) in [5.74, 6) is 5.13. The average molecular weight is 283 g/mol. The molecule has 0 radical (unpaired) electrons. The Morgan fingerprint density at radius 2 is 2.37 bits per heavy atom. The molecule has 0 aromatic carbocycles. The fraction of sp³-hybridized carbons (Fsp3) is 0.462. The number of carbonyl (C=O) groups excluding carboxylic acids is 1. The molecule has 6 heteroatoms. The normalized spacial score (nSPS) is 11.5. The lowest BCUT2D eigenvalue weighted by Crippen LogP contribution is -2.35. The monoisotopic (exact) mass is 283 g/mol. The van der Waals surface area contributed by atoms with Gasteiger partial charge in [0.25, 0.3) is 5.91 Å². The first-order valence-corrected chi connectivity index (χ1v) is 6.57. The van der Waals surface area contributed by atoms with E-state index < -0.39 is 0 Å². The van der Waals surface area contributed by atoms with Gasteiger partial charge >= 0.3 is 0 Å². The molecule has 104 valence electrons. The van der Waals surface area contributed by atoms with Crippen molar-refractivity contribution in [3.63, 3.8) is 0 Å². The smallest absolute Gasteiger partial charge is 0.252 e. The van der Waals surface area contributed by atoms with E-state index in [1.807, 2.05) is 0 Å². The highest BCUT2D eigenvalue weighted by Crippen LogP contribution is 2.13. The number of ether oxygens (including phenoxy) is 2. The second-order valence-corrected chi connectivity index (χ2v) is 4.59. The van der Waals surface area contributed by atoms with Gasteiger partial charge in [0, 0.05) is 26.1 Å². The van der Waals surface area contributed by atoms with Crippen LogP contribution in [-0.2, 0) is 9.47 Å². The van der Waals surface area contributed by atoms with E-state index in [0.717, 1.165) is 4.88 Å². The molecule has 1 rings (SSSR count). The lowest BCUT2D eigenvalue weighted by molar-refractivity contribution is 0.0285. The third-order valence-corrected chi connectivity index (χ3v) is 3.17. The minimum atomic E-state index is -0.189. The molecule has 2 N–H and O–H groups in total. The fourth-order valence-corrected chi connectivity index (χ4v) is 2.11. The Bertz CT molecular complexity index is 461. The molecular weight excluding hydrogens is 266 g/mol. The van der Waals surface area contributed by atoms with Crippen LogP contribution in [0.4, 0.5) is 0 Å². The molecule has 19 heavy (non-hydrogen) atoms. The Kier molecular flexibility index (Phi) is 7.15. The summed E-state index contributed by atoms with van der Waals surface area (Å²) in [4.78, 5) is 12.6. The van der Waals surface area contributed by atoms with Crippen molar-refractivity contribution in [2.45, 2.75) is 6.10 Å². The van der Waals surface area contributed by atoms with Gasteiger partial charge in [-0.3, -0.25) is 4.79 Å². The average Bonchev–Trinajstić information content (AvgIpc) is 2.89. The lowest BCUT2D eigenvalue weighted by atomic mass is 10.2. The first-order valence-electron chi connectivity index (χ1n) is 5.69. The van der Waals surface area contributed by atoms with Crippen LogP contribution in [0.5, 0.6) is 0 Å². The lowest BCUT2D eigenvalue weighted by Gasteiger charge is -2.14. The van der Waals surface area contributed by atoms with Crippen molar-refractivity contribution in [2.75, 3.05) is 34.0 Å². The van der Waals surface area contributed by atoms with Gasteiger partial charge in [0.1, 0.15) is 6.61 Å². The number of carbonyl (C=O) groups is 1. The molecule has 0 spiro atoms. The molecule has 1 aromatic heterocycles. The van der Waals surface area contributed by atoms with Crippen LogP contribution in [0.2, 0.25) is 0 Å². The van der Waals surface area contributed by atoms with E-state index in [-0.39, 0.29) is 18.6 Å². The SMILES string of the molecule is COCC(CNC(=O)c1csc(C#CCO)c1)OC. The number of nitrogens with one attached hydrogen (secondary N) is 1. The first kappa shape index (κ1) is 15.7. The summed E-state index contributed by atoms with van der Waals surface area (Å²) >= 11 is 1.37. The molecule has 1 heterocycles. The minimum Gasteiger partial charge on any atom is -0.384 e. The maximum Gasteiger partial charge on any atom is 0.252 e. The van der Waals surface area contributed by atoms with Crippen LogP contribution >= 0.6 is 11.3 Å². The van der Waals surface area contributed by atoms with Crippen LogP contribution in [0.25, 0.3) is 0 Å². The third kappa shape index (κ3) is 5.41. The van der Waals surface area contributed by atoms with E-state index in [1.165, 1.54) is 11.3 Å². The number of rotatable bonds is 6. The van der Waals surface area contributed by atoms with E-state index in [4.69, 9.17) is 14.6 Å². The standard InChI is InChI=1S/C13H17NO4S/c1-17-8-11(18-2)7-14-13(16)10-6-12(19-9-10)4-3-5-15/h6,9,11,15H,5,7-8H2,1-2H3,(H,14,16). The van der Waals surface area contributed by atoms with E-state index >= 15 is 0 Å². The summed E-state index contributed by atoms with van der Waals surface area (Å²) in [6.07, 6.45) is -0.166. The predicted octanol–water partition coefficient (Wildman–Crippen LogP) is 0.483. The molecule has 0 aliphatic heterocycles. The zero-order valence-corrected chi connectivity index (χ0v) is 11.8. The van der Waals surface area contributed by atoms with E-state index in [2.05, 4.69) is 17.2 Å². The number of amides is 1. The summed E-state index contributed by atoms with van der Waals surface area (Å²) < 4.78 is 10.1. The highest BCUT2D eigenvalue weighted by molar-refractivity contribution is 7.10. The molecule has 1 aromatic rings. The zero-order valence-electron chi connectivity index (χ0n) is 10.9. The van der Waals surface area contributed by atoms with Crippen LogP contribution < -0.4 is 5.32 Å². The summed E-state index contributed by atoms with van der Waals surface area (Å²) in [6.45, 7) is 0.621. The van der Waals surface area contributed by atoms with Gasteiger partial charge in [-0.2, -0.15) is 0 Å². The van der Waals surface area contributed by atoms with E-state index in [0.29, 0.717) is 18.7 Å². The van der Waals surface area contributed by atoms with Crippen LogP contribution in [0, 0.1) is 11.8 Å². The Morgan fingerprint density at radius 3 is 3.00 bits per heavy atom. The summed E-state index contributed by atoms with van der Waals surface area (Å²) in [5.41, 5.74) is 0.555. The zero-order chi connectivity index (χ0) is 14.1. The van der Waals surface area contributed by atoms with E-state index in [9.17, 15) is 4.79 Å². The van der Waals surface area contributed by atoms with Gasteiger partial charge in [0.05, 0.1) is 23.2 Å². The van der Waals surface area contributed by atoms with Gasteiger partial charge in [0.2, 0.25) is 0 Å². The molecule has 0 aliphatic rings. The Hall–Kier alpha value is -1.39. The van der Waals surface area contributed by atoms with Gasteiger partial charge in [-0.25, -0.2) is 0 Å². The summed E-state index contributed by atoms with van der Waals surface area (Å²) in [6, 6.07) is 1.70. The molecule has 0 saturated heterocycles. The maximum absolute atomic E-state index is 11.9. The number of methoxy groups -OCH3 is 2. The van der Waals surface area contributed by atoms with Gasteiger partial charge in [0.15, 0.2) is 0 Å². The largest absolute Gasteiger partial charge is 0.384 e. The fourth-order valence-electron chi connectivity index (χ4n) is 1.35. The van der Waals surface area contributed by atoms with E-state index in [1.54, 1.807) is 25.7 Å². The topological polar surface area (TPSA) is 67.8 Å². The minimum absolute atomic E-state index is 0.166. The van der Waals surface area contributed by atoms with Crippen molar-refractivity contribution in [3.8, 4) is 11.8 Å². The summed E-state index contributed by atoms with van der Waals surface area (Å²) in [5, 5.41) is 13.1.